The molecule has 106 valence electrons. The number of amides is 1. The minimum atomic E-state index is -3.11. The molecule has 0 aliphatic carbocycles. The Bertz CT molecular complexity index is 482. The van der Waals surface area contributed by atoms with Crippen molar-refractivity contribution in [2.75, 3.05) is 32.0 Å². The van der Waals surface area contributed by atoms with E-state index in [4.69, 9.17) is 11.2 Å². The third kappa shape index (κ3) is 3.19. The van der Waals surface area contributed by atoms with Crippen LogP contribution in [0.1, 0.15) is 19.3 Å². The molecule has 0 aromatic carbocycles. The van der Waals surface area contributed by atoms with Crippen molar-refractivity contribution in [2.45, 2.75) is 25.3 Å². The predicted molar refractivity (Wildman–Crippen MR) is 69.9 cm³/mol. The Labute approximate surface area is 113 Å². The molecule has 6 nitrogen and oxygen atoms in total. The summed E-state index contributed by atoms with van der Waals surface area (Å²) in [5.41, 5.74) is 0. The molecule has 1 unspecified atom stereocenters. The number of carbonyl (C=O) groups excluding carboxylic acids is 1. The van der Waals surface area contributed by atoms with E-state index in [1.54, 1.807) is 4.90 Å². The van der Waals surface area contributed by atoms with Crippen LogP contribution in [-0.4, -0.2) is 61.8 Å². The number of hydrogen-bond acceptors (Lipinski definition) is 4. The van der Waals surface area contributed by atoms with Crippen LogP contribution in [0.5, 0.6) is 0 Å². The van der Waals surface area contributed by atoms with Crippen LogP contribution in [-0.2, 0) is 14.8 Å². The minimum Gasteiger partial charge on any atom is -0.448 e. The molecule has 0 bridgehead atoms. The monoisotopic (exact) mass is 286 g/mol. The number of carbonyl (C=O) groups is 1. The molecule has 0 aromatic heterocycles. The van der Waals surface area contributed by atoms with Crippen LogP contribution in [0.15, 0.2) is 0 Å². The Balaban J connectivity index is 1.86. The van der Waals surface area contributed by atoms with Crippen LogP contribution in [0.3, 0.4) is 0 Å². The lowest BCUT2D eigenvalue weighted by molar-refractivity contribution is 0.111. The first kappa shape index (κ1) is 14.2. The number of nitrogens with zero attached hydrogens (tertiary/aromatic N) is 2. The van der Waals surface area contributed by atoms with E-state index in [0.717, 1.165) is 0 Å². The minimum absolute atomic E-state index is 0.104. The molecule has 1 amide bonds. The maximum Gasteiger partial charge on any atom is 0.409 e. The number of ether oxygens (including phenoxy) is 1. The summed E-state index contributed by atoms with van der Waals surface area (Å²) >= 11 is 0. The summed E-state index contributed by atoms with van der Waals surface area (Å²) in [6.07, 6.45) is 6.40. The van der Waals surface area contributed by atoms with E-state index in [9.17, 15) is 13.2 Å². The van der Waals surface area contributed by atoms with Crippen molar-refractivity contribution in [1.82, 2.24) is 9.21 Å². The second kappa shape index (κ2) is 5.80. The lowest BCUT2D eigenvalue weighted by Gasteiger charge is -2.22. The van der Waals surface area contributed by atoms with Gasteiger partial charge in [-0.3, -0.25) is 0 Å². The summed E-state index contributed by atoms with van der Waals surface area (Å²) in [4.78, 5) is 13.3. The summed E-state index contributed by atoms with van der Waals surface area (Å²) in [5.74, 6) is 2.61. The second-order valence-electron chi connectivity index (χ2n) is 4.74. The van der Waals surface area contributed by atoms with Gasteiger partial charge in [-0.1, -0.05) is 0 Å². The molecule has 0 aromatic rings. The van der Waals surface area contributed by atoms with E-state index in [2.05, 4.69) is 5.92 Å². The highest BCUT2D eigenvalue weighted by atomic mass is 32.2. The average Bonchev–Trinajstić information content (AvgIpc) is 2.95. The Kier molecular flexibility index (Phi) is 4.32. The fraction of sp³-hybridized carbons (Fsp3) is 0.750. The molecular formula is C12H18N2O4S. The van der Waals surface area contributed by atoms with Gasteiger partial charge in [-0.15, -0.1) is 12.3 Å². The molecule has 2 rings (SSSR count). The summed E-state index contributed by atoms with van der Waals surface area (Å²) in [5, 5.41) is 0. The first-order valence-corrected chi connectivity index (χ1v) is 8.00. The molecule has 2 fully saturated rings. The molecule has 7 heteroatoms. The largest absolute Gasteiger partial charge is 0.448 e. The Morgan fingerprint density at radius 2 is 2.21 bits per heavy atom. The molecule has 0 spiro atoms. The van der Waals surface area contributed by atoms with E-state index in [-0.39, 0.29) is 18.4 Å². The van der Waals surface area contributed by atoms with E-state index in [1.807, 2.05) is 0 Å². The zero-order chi connectivity index (χ0) is 13.9. The van der Waals surface area contributed by atoms with Crippen molar-refractivity contribution < 1.29 is 17.9 Å². The topological polar surface area (TPSA) is 66.9 Å². The summed E-state index contributed by atoms with van der Waals surface area (Å²) in [7, 11) is -3.11. The third-order valence-corrected chi connectivity index (χ3v) is 5.44. The molecule has 1 atom stereocenters. The van der Waals surface area contributed by atoms with Gasteiger partial charge < -0.3 is 9.64 Å². The van der Waals surface area contributed by atoms with Gasteiger partial charge in [0.05, 0.1) is 5.75 Å². The molecule has 0 N–H and O–H groups in total. The molecular weight excluding hydrogens is 268 g/mol. The second-order valence-corrected chi connectivity index (χ2v) is 6.78. The van der Waals surface area contributed by atoms with Crippen molar-refractivity contribution >= 4 is 16.1 Å². The molecule has 0 radical (unpaired) electrons. The zero-order valence-corrected chi connectivity index (χ0v) is 11.6. The van der Waals surface area contributed by atoms with E-state index >= 15 is 0 Å². The van der Waals surface area contributed by atoms with Crippen molar-refractivity contribution in [3.63, 3.8) is 0 Å². The van der Waals surface area contributed by atoms with Crippen molar-refractivity contribution in [1.29, 1.82) is 0 Å². The van der Waals surface area contributed by atoms with Gasteiger partial charge in [-0.25, -0.2) is 13.2 Å². The zero-order valence-electron chi connectivity index (χ0n) is 10.7. The summed E-state index contributed by atoms with van der Waals surface area (Å²) in [6.45, 7) is 1.71. The Morgan fingerprint density at radius 1 is 1.42 bits per heavy atom. The van der Waals surface area contributed by atoms with Gasteiger partial charge in [0.1, 0.15) is 6.61 Å². The maximum absolute atomic E-state index is 11.8. The maximum atomic E-state index is 11.8. The normalized spacial score (nSPS) is 26.3. The molecule has 2 aliphatic rings. The highest BCUT2D eigenvalue weighted by Crippen LogP contribution is 2.24. The fourth-order valence-electron chi connectivity index (χ4n) is 2.50. The van der Waals surface area contributed by atoms with Crippen molar-refractivity contribution in [3.8, 4) is 12.3 Å². The molecule has 2 aliphatic heterocycles. The molecule has 2 saturated heterocycles. The van der Waals surface area contributed by atoms with Gasteiger partial charge >= 0.3 is 6.09 Å². The number of likely N-dealkylation sites (tertiary alicyclic amines) is 1. The van der Waals surface area contributed by atoms with Gasteiger partial charge in [0, 0.05) is 32.1 Å². The highest BCUT2D eigenvalue weighted by molar-refractivity contribution is 7.89. The van der Waals surface area contributed by atoms with Gasteiger partial charge in [0.25, 0.3) is 0 Å². The summed E-state index contributed by atoms with van der Waals surface area (Å²) in [6, 6.07) is -0.104. The van der Waals surface area contributed by atoms with Crippen LogP contribution in [0.2, 0.25) is 0 Å². The molecule has 2 heterocycles. The molecule has 19 heavy (non-hydrogen) atoms. The van der Waals surface area contributed by atoms with Crippen LogP contribution in [0.4, 0.5) is 4.79 Å². The Hall–Kier alpha value is -1.26. The Morgan fingerprint density at radius 3 is 2.84 bits per heavy atom. The van der Waals surface area contributed by atoms with E-state index < -0.39 is 16.1 Å². The van der Waals surface area contributed by atoms with Crippen molar-refractivity contribution in [2.24, 2.45) is 0 Å². The summed E-state index contributed by atoms with van der Waals surface area (Å²) < 4.78 is 30.1. The van der Waals surface area contributed by atoms with Crippen LogP contribution < -0.4 is 0 Å². The van der Waals surface area contributed by atoms with Gasteiger partial charge in [-0.05, 0) is 12.8 Å². The van der Waals surface area contributed by atoms with Crippen LogP contribution in [0.25, 0.3) is 0 Å². The van der Waals surface area contributed by atoms with Crippen LogP contribution >= 0.6 is 0 Å². The van der Waals surface area contributed by atoms with E-state index in [1.165, 1.54) is 4.31 Å². The predicted octanol–water partition coefficient (Wildman–Crippen LogP) is 0.256. The van der Waals surface area contributed by atoms with E-state index in [0.29, 0.717) is 38.9 Å². The average molecular weight is 286 g/mol. The number of rotatable bonds is 3. The van der Waals surface area contributed by atoms with Gasteiger partial charge in [0.2, 0.25) is 10.0 Å². The number of terminal acetylenes is 1. The SMILES string of the molecule is C#CCCOC(=O)N1CCC(N2CCCS2(=O)=O)C1. The first-order chi connectivity index (χ1) is 9.04. The lowest BCUT2D eigenvalue weighted by atomic mass is 10.2. The smallest absolute Gasteiger partial charge is 0.409 e. The van der Waals surface area contributed by atoms with Crippen LogP contribution in [0, 0.1) is 12.3 Å². The third-order valence-electron chi connectivity index (χ3n) is 3.44. The van der Waals surface area contributed by atoms with Gasteiger partial charge in [-0.2, -0.15) is 4.31 Å². The first-order valence-electron chi connectivity index (χ1n) is 6.39. The molecule has 0 saturated carbocycles. The lowest BCUT2D eigenvalue weighted by Crippen LogP contribution is -2.39. The van der Waals surface area contributed by atoms with Gasteiger partial charge in [0.15, 0.2) is 0 Å². The number of sulfonamides is 1. The standard InChI is InChI=1S/C12H18N2O4S/c1-2-3-8-18-12(15)13-7-5-11(10-13)14-6-4-9-19(14,16)17/h1,11H,3-10H2. The highest BCUT2D eigenvalue weighted by Gasteiger charge is 2.39. The quantitative estimate of drug-likeness (QED) is 0.551. The number of hydrogen-bond donors (Lipinski definition) is 0. The van der Waals surface area contributed by atoms with Crippen molar-refractivity contribution in [3.05, 3.63) is 0 Å². The fourth-order valence-corrected chi connectivity index (χ4v) is 4.26.